The van der Waals surface area contributed by atoms with Crippen LogP contribution in [0.2, 0.25) is 0 Å². The molecule has 30 heavy (non-hydrogen) atoms. The van der Waals surface area contributed by atoms with Gasteiger partial charge >= 0.3 is 0 Å². The second kappa shape index (κ2) is 9.05. The summed E-state index contributed by atoms with van der Waals surface area (Å²) in [6, 6.07) is 25.0. The van der Waals surface area contributed by atoms with Gasteiger partial charge in [0.1, 0.15) is 5.75 Å². The number of aromatic nitrogens is 2. The highest BCUT2D eigenvalue weighted by atomic mass is 16.5. The molecule has 0 aliphatic carbocycles. The minimum atomic E-state index is -0.139. The van der Waals surface area contributed by atoms with E-state index in [0.29, 0.717) is 30.3 Å². The van der Waals surface area contributed by atoms with Gasteiger partial charge in [0.2, 0.25) is 11.8 Å². The normalized spacial score (nSPS) is 10.6. The molecule has 4 aromatic rings. The maximum absolute atomic E-state index is 12.5. The van der Waals surface area contributed by atoms with Crippen molar-refractivity contribution in [3.8, 4) is 28.3 Å². The van der Waals surface area contributed by atoms with E-state index in [4.69, 9.17) is 9.15 Å². The van der Waals surface area contributed by atoms with E-state index in [1.54, 1.807) is 13.2 Å². The molecule has 0 spiro atoms. The van der Waals surface area contributed by atoms with Crippen LogP contribution in [0.3, 0.4) is 0 Å². The molecule has 0 atom stereocenters. The first kappa shape index (κ1) is 19.4. The van der Waals surface area contributed by atoms with Crippen LogP contribution in [0, 0.1) is 0 Å². The molecule has 1 aromatic heterocycles. The number of carbonyl (C=O) groups excluding carboxylic acids is 1. The third-order valence-electron chi connectivity index (χ3n) is 4.64. The Kier molecular flexibility index (Phi) is 5.85. The fourth-order valence-electron chi connectivity index (χ4n) is 3.08. The van der Waals surface area contributed by atoms with Crippen molar-refractivity contribution in [2.24, 2.45) is 0 Å². The Morgan fingerprint density at radius 3 is 2.50 bits per heavy atom. The summed E-state index contributed by atoms with van der Waals surface area (Å²) in [7, 11) is 1.61. The SMILES string of the molecule is COc1cccc(-c2nnc(CCNC(=O)c3cccc(-c4ccccc4)c3)o2)c1. The van der Waals surface area contributed by atoms with Crippen molar-refractivity contribution in [1.82, 2.24) is 15.5 Å². The number of hydrogen-bond acceptors (Lipinski definition) is 5. The Balaban J connectivity index is 1.36. The van der Waals surface area contributed by atoms with E-state index in [0.717, 1.165) is 22.4 Å². The molecule has 1 N–H and O–H groups in total. The number of carbonyl (C=O) groups is 1. The lowest BCUT2D eigenvalue weighted by Crippen LogP contribution is -2.25. The maximum Gasteiger partial charge on any atom is 0.251 e. The number of rotatable bonds is 7. The summed E-state index contributed by atoms with van der Waals surface area (Å²) < 4.78 is 10.9. The van der Waals surface area contributed by atoms with Gasteiger partial charge in [-0.15, -0.1) is 10.2 Å². The molecule has 0 aliphatic heterocycles. The maximum atomic E-state index is 12.5. The van der Waals surface area contributed by atoms with Gasteiger partial charge in [-0.05, 0) is 41.5 Å². The monoisotopic (exact) mass is 399 g/mol. The average molecular weight is 399 g/mol. The quantitative estimate of drug-likeness (QED) is 0.499. The lowest BCUT2D eigenvalue weighted by atomic mass is 10.0. The summed E-state index contributed by atoms with van der Waals surface area (Å²) >= 11 is 0. The molecule has 1 amide bonds. The average Bonchev–Trinajstić information content (AvgIpc) is 3.29. The van der Waals surface area contributed by atoms with Crippen molar-refractivity contribution in [3.05, 3.63) is 90.3 Å². The third-order valence-corrected chi connectivity index (χ3v) is 4.64. The Labute approximate surface area is 174 Å². The van der Waals surface area contributed by atoms with E-state index in [1.807, 2.05) is 72.8 Å². The topological polar surface area (TPSA) is 77.3 Å². The zero-order chi connectivity index (χ0) is 20.8. The van der Waals surface area contributed by atoms with Crippen LogP contribution in [0.25, 0.3) is 22.6 Å². The van der Waals surface area contributed by atoms with Crippen molar-refractivity contribution in [2.75, 3.05) is 13.7 Å². The number of hydrogen-bond donors (Lipinski definition) is 1. The zero-order valence-electron chi connectivity index (χ0n) is 16.5. The van der Waals surface area contributed by atoms with Gasteiger partial charge in [-0.25, -0.2) is 0 Å². The zero-order valence-corrected chi connectivity index (χ0v) is 16.5. The van der Waals surface area contributed by atoms with Gasteiger partial charge in [-0.2, -0.15) is 0 Å². The lowest BCUT2D eigenvalue weighted by Gasteiger charge is -2.06. The van der Waals surface area contributed by atoms with E-state index in [9.17, 15) is 4.79 Å². The Morgan fingerprint density at radius 2 is 1.67 bits per heavy atom. The smallest absolute Gasteiger partial charge is 0.251 e. The summed E-state index contributed by atoms with van der Waals surface area (Å²) in [6.45, 7) is 0.397. The minimum absolute atomic E-state index is 0.139. The highest BCUT2D eigenvalue weighted by Crippen LogP contribution is 2.23. The van der Waals surface area contributed by atoms with Gasteiger partial charge in [-0.1, -0.05) is 48.5 Å². The molecule has 0 unspecified atom stereocenters. The fourth-order valence-corrected chi connectivity index (χ4v) is 3.08. The van der Waals surface area contributed by atoms with Crippen LogP contribution in [-0.2, 0) is 6.42 Å². The number of nitrogens with one attached hydrogen (secondary N) is 1. The van der Waals surface area contributed by atoms with Crippen LogP contribution in [0.1, 0.15) is 16.2 Å². The highest BCUT2D eigenvalue weighted by molar-refractivity contribution is 5.95. The molecule has 0 radical (unpaired) electrons. The molecule has 0 bridgehead atoms. The van der Waals surface area contributed by atoms with Gasteiger partial charge in [0, 0.05) is 24.1 Å². The number of amides is 1. The van der Waals surface area contributed by atoms with E-state index in [1.165, 1.54) is 0 Å². The number of methoxy groups -OCH3 is 1. The van der Waals surface area contributed by atoms with E-state index in [-0.39, 0.29) is 5.91 Å². The second-order valence-electron chi connectivity index (χ2n) is 6.69. The van der Waals surface area contributed by atoms with Crippen molar-refractivity contribution in [2.45, 2.75) is 6.42 Å². The molecule has 0 fully saturated rings. The molecule has 150 valence electrons. The van der Waals surface area contributed by atoms with Crippen LogP contribution >= 0.6 is 0 Å². The largest absolute Gasteiger partial charge is 0.497 e. The van der Waals surface area contributed by atoms with Crippen molar-refractivity contribution in [3.63, 3.8) is 0 Å². The summed E-state index contributed by atoms with van der Waals surface area (Å²) in [5.41, 5.74) is 3.47. The third kappa shape index (κ3) is 4.55. The van der Waals surface area contributed by atoms with Crippen LogP contribution in [0.4, 0.5) is 0 Å². The van der Waals surface area contributed by atoms with Gasteiger partial charge in [0.15, 0.2) is 0 Å². The van der Waals surface area contributed by atoms with Crippen LogP contribution in [0.5, 0.6) is 5.75 Å². The van der Waals surface area contributed by atoms with Gasteiger partial charge in [-0.3, -0.25) is 4.79 Å². The lowest BCUT2D eigenvalue weighted by molar-refractivity contribution is 0.0953. The second-order valence-corrected chi connectivity index (χ2v) is 6.69. The first-order valence-corrected chi connectivity index (χ1v) is 9.63. The van der Waals surface area contributed by atoms with Gasteiger partial charge in [0.25, 0.3) is 5.91 Å². The molecule has 0 saturated heterocycles. The van der Waals surface area contributed by atoms with E-state index < -0.39 is 0 Å². The summed E-state index contributed by atoms with van der Waals surface area (Å²) in [4.78, 5) is 12.5. The van der Waals surface area contributed by atoms with Gasteiger partial charge in [0.05, 0.1) is 7.11 Å². The molecule has 0 saturated carbocycles. The van der Waals surface area contributed by atoms with Crippen molar-refractivity contribution in [1.29, 1.82) is 0 Å². The first-order valence-electron chi connectivity index (χ1n) is 9.63. The van der Waals surface area contributed by atoms with Crippen LogP contribution in [0.15, 0.2) is 83.3 Å². The molecule has 6 heteroatoms. The molecule has 4 rings (SSSR count). The summed E-state index contributed by atoms with van der Waals surface area (Å²) in [5.74, 6) is 1.47. The van der Waals surface area contributed by atoms with Crippen LogP contribution in [-0.4, -0.2) is 29.8 Å². The first-order chi connectivity index (χ1) is 14.7. The highest BCUT2D eigenvalue weighted by Gasteiger charge is 2.11. The Bertz CT molecular complexity index is 1140. The molecule has 3 aromatic carbocycles. The minimum Gasteiger partial charge on any atom is -0.497 e. The fraction of sp³-hybridized carbons (Fsp3) is 0.125. The van der Waals surface area contributed by atoms with Crippen molar-refractivity contribution >= 4 is 5.91 Å². The van der Waals surface area contributed by atoms with Crippen LogP contribution < -0.4 is 10.1 Å². The molecular weight excluding hydrogens is 378 g/mol. The molecule has 6 nitrogen and oxygen atoms in total. The number of benzene rings is 3. The Morgan fingerprint density at radius 1 is 0.900 bits per heavy atom. The predicted molar refractivity (Wildman–Crippen MR) is 114 cm³/mol. The number of ether oxygens (including phenoxy) is 1. The van der Waals surface area contributed by atoms with Gasteiger partial charge < -0.3 is 14.5 Å². The predicted octanol–water partition coefficient (Wildman–Crippen LogP) is 4.38. The summed E-state index contributed by atoms with van der Waals surface area (Å²) in [6.07, 6.45) is 0.446. The Hall–Kier alpha value is -3.93. The standard InChI is InChI=1S/C24H21N3O3/c1-29-21-12-6-11-20(16-21)24-27-26-22(30-24)13-14-25-23(28)19-10-5-9-18(15-19)17-7-3-2-4-8-17/h2-12,15-16H,13-14H2,1H3,(H,25,28). The molecule has 0 aliphatic rings. The van der Waals surface area contributed by atoms with E-state index >= 15 is 0 Å². The molecule has 1 heterocycles. The summed E-state index contributed by atoms with van der Waals surface area (Å²) in [5, 5.41) is 11.0. The molecular formula is C24H21N3O3. The van der Waals surface area contributed by atoms with Crippen molar-refractivity contribution < 1.29 is 13.9 Å². The number of nitrogens with zero attached hydrogens (tertiary/aromatic N) is 2. The van der Waals surface area contributed by atoms with E-state index in [2.05, 4.69) is 15.5 Å².